The molecule has 1 saturated heterocycles. The SMILES string of the molecule is O=C(NCc1cccs1)C1CCN(C(=O)Nc2ccc(Cl)cc2)CC1. The summed E-state index contributed by atoms with van der Waals surface area (Å²) in [5.74, 6) is 0.0469. The average Bonchev–Trinajstić information content (AvgIpc) is 3.15. The van der Waals surface area contributed by atoms with Gasteiger partial charge in [-0.2, -0.15) is 0 Å². The minimum atomic E-state index is -0.139. The Labute approximate surface area is 156 Å². The zero-order valence-corrected chi connectivity index (χ0v) is 15.3. The van der Waals surface area contributed by atoms with Crippen LogP contribution in [0, 0.1) is 5.92 Å². The Morgan fingerprint density at radius 2 is 1.88 bits per heavy atom. The first kappa shape index (κ1) is 17.8. The van der Waals surface area contributed by atoms with E-state index in [4.69, 9.17) is 11.6 Å². The summed E-state index contributed by atoms with van der Waals surface area (Å²) in [6.07, 6.45) is 1.37. The van der Waals surface area contributed by atoms with E-state index in [1.165, 1.54) is 0 Å². The van der Waals surface area contributed by atoms with Gasteiger partial charge in [-0.1, -0.05) is 17.7 Å². The van der Waals surface area contributed by atoms with Crippen LogP contribution in [0.4, 0.5) is 10.5 Å². The fraction of sp³-hybridized carbons (Fsp3) is 0.333. The summed E-state index contributed by atoms with van der Waals surface area (Å²) in [5.41, 5.74) is 0.713. The van der Waals surface area contributed by atoms with Gasteiger partial charge in [0.05, 0.1) is 6.54 Å². The number of thiophene rings is 1. The molecule has 1 aromatic heterocycles. The van der Waals surface area contributed by atoms with E-state index in [-0.39, 0.29) is 17.9 Å². The van der Waals surface area contributed by atoms with Crippen LogP contribution < -0.4 is 10.6 Å². The quantitative estimate of drug-likeness (QED) is 0.847. The summed E-state index contributed by atoms with van der Waals surface area (Å²) < 4.78 is 0. The van der Waals surface area contributed by atoms with E-state index in [0.29, 0.717) is 43.2 Å². The number of piperidine rings is 1. The van der Waals surface area contributed by atoms with Crippen LogP contribution in [0.25, 0.3) is 0 Å². The van der Waals surface area contributed by atoms with E-state index in [9.17, 15) is 9.59 Å². The van der Waals surface area contributed by atoms with Gasteiger partial charge < -0.3 is 15.5 Å². The Kier molecular flexibility index (Phi) is 5.94. The largest absolute Gasteiger partial charge is 0.351 e. The molecule has 0 aliphatic carbocycles. The highest BCUT2D eigenvalue weighted by atomic mass is 35.5. The van der Waals surface area contributed by atoms with E-state index in [2.05, 4.69) is 10.6 Å². The number of likely N-dealkylation sites (tertiary alicyclic amines) is 1. The Balaban J connectivity index is 1.43. The molecule has 0 atom stereocenters. The molecule has 25 heavy (non-hydrogen) atoms. The monoisotopic (exact) mass is 377 g/mol. The molecule has 132 valence electrons. The molecule has 0 spiro atoms. The van der Waals surface area contributed by atoms with E-state index in [1.807, 2.05) is 17.5 Å². The summed E-state index contributed by atoms with van der Waals surface area (Å²) >= 11 is 7.47. The van der Waals surface area contributed by atoms with Crippen molar-refractivity contribution in [1.82, 2.24) is 10.2 Å². The van der Waals surface area contributed by atoms with Crippen LogP contribution in [0.15, 0.2) is 41.8 Å². The molecule has 3 rings (SSSR count). The number of carbonyl (C=O) groups excluding carboxylic acids is 2. The molecule has 3 amide bonds. The lowest BCUT2D eigenvalue weighted by Crippen LogP contribution is -2.44. The lowest BCUT2D eigenvalue weighted by atomic mass is 9.96. The lowest BCUT2D eigenvalue weighted by Gasteiger charge is -2.31. The fourth-order valence-corrected chi connectivity index (χ4v) is 3.58. The Bertz CT molecular complexity index is 710. The van der Waals surface area contributed by atoms with Gasteiger partial charge in [0.2, 0.25) is 5.91 Å². The van der Waals surface area contributed by atoms with Crippen molar-refractivity contribution in [2.24, 2.45) is 5.92 Å². The lowest BCUT2D eigenvalue weighted by molar-refractivity contribution is -0.126. The minimum absolute atomic E-state index is 0.0282. The third kappa shape index (κ3) is 4.96. The molecule has 1 aliphatic heterocycles. The zero-order chi connectivity index (χ0) is 17.6. The molecule has 0 saturated carbocycles. The van der Waals surface area contributed by atoms with Crippen molar-refractivity contribution in [1.29, 1.82) is 0 Å². The van der Waals surface area contributed by atoms with Crippen molar-refractivity contribution >= 4 is 40.6 Å². The molecule has 5 nitrogen and oxygen atoms in total. The van der Waals surface area contributed by atoms with Crippen molar-refractivity contribution in [3.8, 4) is 0 Å². The van der Waals surface area contributed by atoms with Gasteiger partial charge in [-0.3, -0.25) is 4.79 Å². The smallest absolute Gasteiger partial charge is 0.321 e. The molecular weight excluding hydrogens is 358 g/mol. The Hall–Kier alpha value is -2.05. The average molecular weight is 378 g/mol. The van der Waals surface area contributed by atoms with Crippen molar-refractivity contribution in [3.05, 3.63) is 51.7 Å². The second-order valence-electron chi connectivity index (χ2n) is 6.00. The zero-order valence-electron chi connectivity index (χ0n) is 13.7. The predicted octanol–water partition coefficient (Wildman–Crippen LogP) is 3.96. The van der Waals surface area contributed by atoms with Crippen LogP contribution in [-0.2, 0) is 11.3 Å². The summed E-state index contributed by atoms with van der Waals surface area (Å²) in [7, 11) is 0. The normalized spacial score (nSPS) is 15.0. The van der Waals surface area contributed by atoms with Crippen molar-refractivity contribution < 1.29 is 9.59 Å². The van der Waals surface area contributed by atoms with Crippen LogP contribution in [0.2, 0.25) is 5.02 Å². The molecular formula is C18H20ClN3O2S. The van der Waals surface area contributed by atoms with E-state index in [1.54, 1.807) is 40.5 Å². The van der Waals surface area contributed by atoms with Crippen LogP contribution in [0.5, 0.6) is 0 Å². The molecule has 2 aromatic rings. The molecule has 2 N–H and O–H groups in total. The van der Waals surface area contributed by atoms with Gasteiger partial charge in [-0.05, 0) is 48.6 Å². The summed E-state index contributed by atoms with van der Waals surface area (Å²) in [5, 5.41) is 8.47. The van der Waals surface area contributed by atoms with E-state index < -0.39 is 0 Å². The first-order valence-electron chi connectivity index (χ1n) is 8.23. The van der Waals surface area contributed by atoms with Gasteiger partial charge in [-0.15, -0.1) is 11.3 Å². The molecule has 0 bridgehead atoms. The molecule has 1 aliphatic rings. The highest BCUT2D eigenvalue weighted by Gasteiger charge is 2.27. The molecule has 0 radical (unpaired) electrons. The van der Waals surface area contributed by atoms with Crippen LogP contribution in [-0.4, -0.2) is 29.9 Å². The highest BCUT2D eigenvalue weighted by molar-refractivity contribution is 7.09. The molecule has 0 unspecified atom stereocenters. The van der Waals surface area contributed by atoms with E-state index in [0.717, 1.165) is 4.88 Å². The molecule has 7 heteroatoms. The summed E-state index contributed by atoms with van der Waals surface area (Å²) in [6, 6.07) is 10.9. The number of amides is 3. The second kappa shape index (κ2) is 8.36. The van der Waals surface area contributed by atoms with Crippen LogP contribution in [0.1, 0.15) is 17.7 Å². The fourth-order valence-electron chi connectivity index (χ4n) is 2.81. The number of hydrogen-bond acceptors (Lipinski definition) is 3. The van der Waals surface area contributed by atoms with Gasteiger partial charge in [0.15, 0.2) is 0 Å². The van der Waals surface area contributed by atoms with Gasteiger partial charge in [0.25, 0.3) is 0 Å². The maximum atomic E-state index is 12.3. The number of nitrogens with one attached hydrogen (secondary N) is 2. The molecule has 2 heterocycles. The molecule has 1 aromatic carbocycles. The number of hydrogen-bond donors (Lipinski definition) is 2. The van der Waals surface area contributed by atoms with Gasteiger partial charge >= 0.3 is 6.03 Å². The standard InChI is InChI=1S/C18H20ClN3O2S/c19-14-3-5-15(6-4-14)21-18(24)22-9-7-13(8-10-22)17(23)20-12-16-2-1-11-25-16/h1-6,11,13H,7-10,12H2,(H,20,23)(H,21,24). The summed E-state index contributed by atoms with van der Waals surface area (Å²) in [4.78, 5) is 27.4. The predicted molar refractivity (Wildman–Crippen MR) is 101 cm³/mol. The maximum absolute atomic E-state index is 12.3. The first-order chi connectivity index (χ1) is 12.1. The summed E-state index contributed by atoms with van der Waals surface area (Å²) in [6.45, 7) is 1.74. The van der Waals surface area contributed by atoms with E-state index >= 15 is 0 Å². The Morgan fingerprint density at radius 1 is 1.16 bits per heavy atom. The second-order valence-corrected chi connectivity index (χ2v) is 7.46. The first-order valence-corrected chi connectivity index (χ1v) is 9.49. The highest BCUT2D eigenvalue weighted by Crippen LogP contribution is 2.20. The third-order valence-electron chi connectivity index (χ3n) is 4.27. The van der Waals surface area contributed by atoms with Gasteiger partial charge in [0.1, 0.15) is 0 Å². The number of urea groups is 1. The third-order valence-corrected chi connectivity index (χ3v) is 5.39. The Morgan fingerprint density at radius 3 is 2.52 bits per heavy atom. The number of rotatable bonds is 4. The van der Waals surface area contributed by atoms with Crippen molar-refractivity contribution in [2.75, 3.05) is 18.4 Å². The number of halogens is 1. The van der Waals surface area contributed by atoms with Gasteiger partial charge in [-0.25, -0.2) is 4.79 Å². The number of carbonyl (C=O) groups is 2. The number of anilines is 1. The van der Waals surface area contributed by atoms with Crippen molar-refractivity contribution in [3.63, 3.8) is 0 Å². The molecule has 1 fully saturated rings. The number of nitrogens with zero attached hydrogens (tertiary/aromatic N) is 1. The van der Waals surface area contributed by atoms with Crippen molar-refractivity contribution in [2.45, 2.75) is 19.4 Å². The van der Waals surface area contributed by atoms with Gasteiger partial charge in [0, 0.05) is 34.6 Å². The topological polar surface area (TPSA) is 61.4 Å². The minimum Gasteiger partial charge on any atom is -0.351 e. The number of benzene rings is 1. The van der Waals surface area contributed by atoms with Crippen LogP contribution >= 0.6 is 22.9 Å². The van der Waals surface area contributed by atoms with Crippen LogP contribution in [0.3, 0.4) is 0 Å². The maximum Gasteiger partial charge on any atom is 0.321 e.